The summed E-state index contributed by atoms with van der Waals surface area (Å²) < 4.78 is 11.3. The van der Waals surface area contributed by atoms with Gasteiger partial charge in [-0.25, -0.2) is 0 Å². The zero-order valence-electron chi connectivity index (χ0n) is 14.8. The molecule has 0 aromatic heterocycles. The summed E-state index contributed by atoms with van der Waals surface area (Å²) in [5, 5.41) is 9.43. The number of hydrogen-bond donors (Lipinski definition) is 1. The Morgan fingerprint density at radius 3 is 2.65 bits per heavy atom. The quantitative estimate of drug-likeness (QED) is 0.804. The normalized spacial score (nSPS) is 19.2. The van der Waals surface area contributed by atoms with Gasteiger partial charge in [0.25, 0.3) is 6.47 Å². The molecule has 0 unspecified atom stereocenters. The molecule has 1 aliphatic heterocycles. The minimum atomic E-state index is -1.03. The molecule has 1 aliphatic rings. The number of carboxylic acid groups (broad SMARTS) is 1. The molecule has 0 amide bonds. The Labute approximate surface area is 152 Å². The molecule has 2 aromatic rings. The fraction of sp³-hybridized carbons (Fsp3) is 0.333. The molecule has 1 N–H and O–H groups in total. The van der Waals surface area contributed by atoms with Gasteiger partial charge in [-0.3, -0.25) is 9.59 Å². The Morgan fingerprint density at radius 1 is 1.27 bits per heavy atom. The third-order valence-electron chi connectivity index (χ3n) is 5.00. The Morgan fingerprint density at radius 2 is 2.00 bits per heavy atom. The number of carbonyl (C=O) groups excluding carboxylic acids is 1. The van der Waals surface area contributed by atoms with E-state index in [2.05, 4.69) is 0 Å². The van der Waals surface area contributed by atoms with Crippen molar-refractivity contribution in [2.75, 3.05) is 6.61 Å². The van der Waals surface area contributed by atoms with Crippen molar-refractivity contribution in [3.05, 3.63) is 65.2 Å². The van der Waals surface area contributed by atoms with Crippen molar-refractivity contribution in [3.63, 3.8) is 0 Å². The zero-order chi connectivity index (χ0) is 18.7. The molecule has 0 bridgehead atoms. The molecular weight excluding hydrogens is 332 g/mol. The number of aliphatic carboxylic acids is 1. The summed E-state index contributed by atoms with van der Waals surface area (Å²) in [5.41, 5.74) is 1.54. The van der Waals surface area contributed by atoms with Crippen molar-refractivity contribution in [1.82, 2.24) is 0 Å². The second-order valence-electron chi connectivity index (χ2n) is 7.10. The molecule has 0 radical (unpaired) electrons. The number of hydrogen-bond acceptors (Lipinski definition) is 4. The summed E-state index contributed by atoms with van der Waals surface area (Å²) in [4.78, 5) is 22.6. The average molecular weight is 354 g/mol. The predicted molar refractivity (Wildman–Crippen MR) is 96.1 cm³/mol. The first-order chi connectivity index (χ1) is 12.4. The fourth-order valence-corrected chi connectivity index (χ4v) is 3.27. The molecule has 0 aliphatic carbocycles. The van der Waals surface area contributed by atoms with Gasteiger partial charge in [-0.1, -0.05) is 42.5 Å². The Hall–Kier alpha value is -2.82. The smallest absolute Gasteiger partial charge is 0.313 e. The first kappa shape index (κ1) is 18.0. The Kier molecular flexibility index (Phi) is 4.98. The number of ether oxygens (including phenoxy) is 2. The van der Waals surface area contributed by atoms with Crippen LogP contribution >= 0.6 is 0 Å². The highest BCUT2D eigenvalue weighted by Gasteiger charge is 2.35. The summed E-state index contributed by atoms with van der Waals surface area (Å²) >= 11 is 0. The maximum atomic E-state index is 11.5. The maximum Gasteiger partial charge on any atom is 0.313 e. The molecule has 0 fully saturated rings. The van der Waals surface area contributed by atoms with Crippen LogP contribution < -0.4 is 4.74 Å². The van der Waals surface area contributed by atoms with Gasteiger partial charge in [0.15, 0.2) is 0 Å². The van der Waals surface area contributed by atoms with Gasteiger partial charge in [-0.05, 0) is 37.5 Å². The Balaban J connectivity index is 1.91. The van der Waals surface area contributed by atoms with Crippen LogP contribution in [0, 0.1) is 5.92 Å². The van der Waals surface area contributed by atoms with Crippen molar-refractivity contribution >= 4 is 12.4 Å². The van der Waals surface area contributed by atoms with E-state index in [0.717, 1.165) is 17.5 Å². The van der Waals surface area contributed by atoms with E-state index in [9.17, 15) is 14.7 Å². The number of rotatable bonds is 6. The summed E-state index contributed by atoms with van der Waals surface area (Å²) in [5.74, 6) is -0.336. The van der Waals surface area contributed by atoms with Gasteiger partial charge < -0.3 is 14.6 Å². The molecule has 1 heterocycles. The second-order valence-corrected chi connectivity index (χ2v) is 7.10. The van der Waals surface area contributed by atoms with Crippen LogP contribution in [0.5, 0.6) is 5.75 Å². The predicted octanol–water partition coefficient (Wildman–Crippen LogP) is 3.51. The van der Waals surface area contributed by atoms with Gasteiger partial charge in [0.2, 0.25) is 0 Å². The van der Waals surface area contributed by atoms with E-state index in [0.29, 0.717) is 24.4 Å². The van der Waals surface area contributed by atoms with Gasteiger partial charge in [0, 0.05) is 11.5 Å². The Bertz CT molecular complexity index is 797. The topological polar surface area (TPSA) is 72.8 Å². The molecule has 5 heteroatoms. The van der Waals surface area contributed by atoms with Crippen LogP contribution in [0.3, 0.4) is 0 Å². The first-order valence-corrected chi connectivity index (χ1v) is 8.57. The van der Waals surface area contributed by atoms with Gasteiger partial charge in [-0.2, -0.15) is 0 Å². The maximum absolute atomic E-state index is 11.5. The van der Waals surface area contributed by atoms with Crippen molar-refractivity contribution in [1.29, 1.82) is 0 Å². The molecule has 136 valence electrons. The van der Waals surface area contributed by atoms with Crippen LogP contribution in [0.25, 0.3) is 0 Å². The SMILES string of the molecule is CC(C)(C(=O)O)c1ccc2c(c1)OC[C@H](Cc1ccccc1)[C@H]2OC=O. The standard InChI is InChI=1S/C21H22O5/c1-21(2,20(23)24)16-8-9-17-18(11-16)25-12-15(19(17)26-13-22)10-14-6-4-3-5-7-14/h3-9,11,13,15,19H,10,12H2,1-2H3,(H,23,24)/t15-,19+/m0/s1. The zero-order valence-corrected chi connectivity index (χ0v) is 14.8. The van der Waals surface area contributed by atoms with Crippen LogP contribution in [-0.2, 0) is 26.2 Å². The highest BCUT2D eigenvalue weighted by atomic mass is 16.5. The summed E-state index contributed by atoms with van der Waals surface area (Å²) in [6, 6.07) is 15.3. The lowest BCUT2D eigenvalue weighted by atomic mass is 9.82. The van der Waals surface area contributed by atoms with E-state index in [1.807, 2.05) is 30.3 Å². The molecule has 0 saturated heterocycles. The molecule has 0 saturated carbocycles. The minimum absolute atomic E-state index is 0.00608. The van der Waals surface area contributed by atoms with E-state index in [-0.39, 0.29) is 5.92 Å². The summed E-state index contributed by atoms with van der Waals surface area (Å²) in [6.07, 6.45) is 0.305. The lowest BCUT2D eigenvalue weighted by Gasteiger charge is -2.33. The van der Waals surface area contributed by atoms with Gasteiger partial charge in [-0.15, -0.1) is 0 Å². The molecular formula is C21H22O5. The van der Waals surface area contributed by atoms with Crippen LogP contribution in [0.1, 0.15) is 36.6 Å². The average Bonchev–Trinajstić information content (AvgIpc) is 2.64. The largest absolute Gasteiger partial charge is 0.493 e. The number of benzene rings is 2. The van der Waals surface area contributed by atoms with E-state index in [1.54, 1.807) is 32.0 Å². The van der Waals surface area contributed by atoms with Crippen molar-refractivity contribution < 1.29 is 24.2 Å². The first-order valence-electron chi connectivity index (χ1n) is 8.57. The van der Waals surface area contributed by atoms with Crippen LogP contribution in [0.2, 0.25) is 0 Å². The molecule has 0 spiro atoms. The highest BCUT2D eigenvalue weighted by molar-refractivity contribution is 5.80. The molecule has 3 rings (SSSR count). The summed E-state index contributed by atoms with van der Waals surface area (Å²) in [7, 11) is 0. The second kappa shape index (κ2) is 7.20. The number of carboxylic acids is 1. The van der Waals surface area contributed by atoms with E-state index in [1.165, 1.54) is 0 Å². The van der Waals surface area contributed by atoms with E-state index < -0.39 is 17.5 Å². The molecule has 26 heavy (non-hydrogen) atoms. The van der Waals surface area contributed by atoms with E-state index in [4.69, 9.17) is 9.47 Å². The third-order valence-corrected chi connectivity index (χ3v) is 5.00. The monoisotopic (exact) mass is 354 g/mol. The number of fused-ring (bicyclic) bond motifs is 1. The fourth-order valence-electron chi connectivity index (χ4n) is 3.27. The molecule has 2 aromatic carbocycles. The number of carbonyl (C=O) groups is 2. The lowest BCUT2D eigenvalue weighted by molar-refractivity contribution is -0.142. The highest BCUT2D eigenvalue weighted by Crippen LogP contribution is 2.41. The van der Waals surface area contributed by atoms with Crippen LogP contribution in [0.4, 0.5) is 0 Å². The van der Waals surface area contributed by atoms with E-state index >= 15 is 0 Å². The van der Waals surface area contributed by atoms with Crippen LogP contribution in [-0.4, -0.2) is 24.2 Å². The minimum Gasteiger partial charge on any atom is -0.493 e. The molecule has 2 atom stereocenters. The van der Waals surface area contributed by atoms with Gasteiger partial charge >= 0.3 is 5.97 Å². The van der Waals surface area contributed by atoms with Crippen molar-refractivity contribution in [3.8, 4) is 5.75 Å². The lowest BCUT2D eigenvalue weighted by Crippen LogP contribution is -2.31. The van der Waals surface area contributed by atoms with Gasteiger partial charge in [0.05, 0.1) is 12.0 Å². The molecule has 5 nitrogen and oxygen atoms in total. The van der Waals surface area contributed by atoms with Crippen molar-refractivity contribution in [2.24, 2.45) is 5.92 Å². The third kappa shape index (κ3) is 3.43. The van der Waals surface area contributed by atoms with Crippen LogP contribution in [0.15, 0.2) is 48.5 Å². The van der Waals surface area contributed by atoms with Crippen molar-refractivity contribution in [2.45, 2.75) is 31.8 Å². The summed E-state index contributed by atoms with van der Waals surface area (Å²) in [6.45, 7) is 4.17. The van der Waals surface area contributed by atoms with Gasteiger partial charge in [0.1, 0.15) is 11.9 Å².